The molecule has 2 amide bonds. The highest BCUT2D eigenvalue weighted by atomic mass is 32.2. The van der Waals surface area contributed by atoms with Gasteiger partial charge >= 0.3 is 0 Å². The SMILES string of the molecule is O=C(CCSc1nc2ccccc2s1)Nc1ccc(NC(=O)C2CC2)cc1. The van der Waals surface area contributed by atoms with E-state index in [1.807, 2.05) is 30.3 Å². The summed E-state index contributed by atoms with van der Waals surface area (Å²) in [6, 6.07) is 15.3. The Morgan fingerprint density at radius 2 is 1.74 bits per heavy atom. The van der Waals surface area contributed by atoms with Crippen LogP contribution in [0.15, 0.2) is 52.9 Å². The maximum Gasteiger partial charge on any atom is 0.227 e. The summed E-state index contributed by atoms with van der Waals surface area (Å²) in [6.45, 7) is 0. The highest BCUT2D eigenvalue weighted by Gasteiger charge is 2.29. The van der Waals surface area contributed by atoms with Gasteiger partial charge in [0.05, 0.1) is 10.2 Å². The number of thioether (sulfide) groups is 1. The maximum absolute atomic E-state index is 12.1. The first-order chi connectivity index (χ1) is 13.2. The number of hydrogen-bond donors (Lipinski definition) is 2. The Morgan fingerprint density at radius 1 is 1.04 bits per heavy atom. The summed E-state index contributed by atoms with van der Waals surface area (Å²) >= 11 is 3.25. The monoisotopic (exact) mass is 397 g/mol. The Kier molecular flexibility index (Phi) is 5.40. The van der Waals surface area contributed by atoms with Gasteiger partial charge in [-0.1, -0.05) is 23.9 Å². The normalized spacial score (nSPS) is 13.5. The molecule has 0 aliphatic heterocycles. The molecule has 1 aliphatic rings. The lowest BCUT2D eigenvalue weighted by atomic mass is 10.2. The van der Waals surface area contributed by atoms with Gasteiger partial charge in [0.2, 0.25) is 11.8 Å². The van der Waals surface area contributed by atoms with Crippen molar-refractivity contribution in [1.29, 1.82) is 0 Å². The summed E-state index contributed by atoms with van der Waals surface area (Å²) in [5, 5.41) is 5.78. The standard InChI is InChI=1S/C20H19N3O2S2/c24-18(11-12-26-20-23-16-3-1-2-4-17(16)27-20)21-14-7-9-15(10-8-14)22-19(25)13-5-6-13/h1-4,7-10,13H,5-6,11-12H2,(H,21,24)(H,22,25). The summed E-state index contributed by atoms with van der Waals surface area (Å²) < 4.78 is 2.15. The van der Waals surface area contributed by atoms with Crippen LogP contribution < -0.4 is 10.6 Å². The number of para-hydroxylation sites is 1. The van der Waals surface area contributed by atoms with E-state index in [0.29, 0.717) is 12.2 Å². The second-order valence-electron chi connectivity index (χ2n) is 6.44. The van der Waals surface area contributed by atoms with Crippen LogP contribution in [-0.4, -0.2) is 22.6 Å². The molecule has 0 radical (unpaired) electrons. The molecule has 7 heteroatoms. The molecule has 3 aromatic rings. The Bertz CT molecular complexity index is 932. The minimum atomic E-state index is -0.0293. The number of anilines is 2. The van der Waals surface area contributed by atoms with Gasteiger partial charge in [-0.05, 0) is 49.2 Å². The molecule has 4 rings (SSSR count). The first-order valence-electron chi connectivity index (χ1n) is 8.86. The van der Waals surface area contributed by atoms with Gasteiger partial charge in [0, 0.05) is 29.5 Å². The molecule has 138 valence electrons. The number of amides is 2. The van der Waals surface area contributed by atoms with Crippen LogP contribution in [0.4, 0.5) is 11.4 Å². The van der Waals surface area contributed by atoms with Gasteiger partial charge < -0.3 is 10.6 Å². The second kappa shape index (κ2) is 8.10. The first-order valence-corrected chi connectivity index (χ1v) is 10.7. The summed E-state index contributed by atoms with van der Waals surface area (Å²) in [4.78, 5) is 28.4. The van der Waals surface area contributed by atoms with Crippen molar-refractivity contribution in [1.82, 2.24) is 4.98 Å². The van der Waals surface area contributed by atoms with Crippen molar-refractivity contribution >= 4 is 56.5 Å². The summed E-state index contributed by atoms with van der Waals surface area (Å²) in [5.41, 5.74) is 2.49. The number of carbonyl (C=O) groups excluding carboxylic acids is 2. The smallest absolute Gasteiger partial charge is 0.227 e. The van der Waals surface area contributed by atoms with E-state index in [-0.39, 0.29) is 17.7 Å². The number of nitrogens with zero attached hydrogens (tertiary/aromatic N) is 1. The molecule has 0 spiro atoms. The predicted octanol–water partition coefficient (Wildman–Crippen LogP) is 4.77. The van der Waals surface area contributed by atoms with Gasteiger partial charge in [0.25, 0.3) is 0 Å². The van der Waals surface area contributed by atoms with Crippen LogP contribution in [-0.2, 0) is 9.59 Å². The number of rotatable bonds is 7. The van der Waals surface area contributed by atoms with E-state index in [1.165, 1.54) is 4.70 Å². The number of benzene rings is 2. The van der Waals surface area contributed by atoms with Gasteiger partial charge in [-0.2, -0.15) is 0 Å². The molecule has 0 atom stereocenters. The molecule has 1 fully saturated rings. The minimum Gasteiger partial charge on any atom is -0.326 e. The van der Waals surface area contributed by atoms with Crippen LogP contribution in [0.1, 0.15) is 19.3 Å². The largest absolute Gasteiger partial charge is 0.326 e. The fraction of sp³-hybridized carbons (Fsp3) is 0.250. The van der Waals surface area contributed by atoms with Crippen molar-refractivity contribution in [3.8, 4) is 0 Å². The fourth-order valence-corrected chi connectivity index (χ4v) is 4.67. The van der Waals surface area contributed by atoms with E-state index in [1.54, 1.807) is 35.2 Å². The van der Waals surface area contributed by atoms with Crippen molar-refractivity contribution in [3.05, 3.63) is 48.5 Å². The molecule has 27 heavy (non-hydrogen) atoms. The van der Waals surface area contributed by atoms with E-state index >= 15 is 0 Å². The zero-order valence-electron chi connectivity index (χ0n) is 14.6. The average Bonchev–Trinajstić information content (AvgIpc) is 3.43. The Morgan fingerprint density at radius 3 is 2.44 bits per heavy atom. The first kappa shape index (κ1) is 18.0. The molecular formula is C20H19N3O2S2. The van der Waals surface area contributed by atoms with E-state index < -0.39 is 0 Å². The van der Waals surface area contributed by atoms with Crippen LogP contribution in [0.3, 0.4) is 0 Å². The molecule has 5 nitrogen and oxygen atoms in total. The Hall–Kier alpha value is -2.38. The molecule has 1 aliphatic carbocycles. The van der Waals surface area contributed by atoms with Gasteiger partial charge in [0.1, 0.15) is 0 Å². The van der Waals surface area contributed by atoms with E-state index in [4.69, 9.17) is 0 Å². The Balaban J connectivity index is 1.23. The van der Waals surface area contributed by atoms with Gasteiger partial charge in [-0.3, -0.25) is 9.59 Å². The van der Waals surface area contributed by atoms with Gasteiger partial charge in [-0.15, -0.1) is 11.3 Å². The number of hydrogen-bond acceptors (Lipinski definition) is 5. The van der Waals surface area contributed by atoms with Crippen LogP contribution in [0.25, 0.3) is 10.2 Å². The van der Waals surface area contributed by atoms with E-state index in [0.717, 1.165) is 34.1 Å². The minimum absolute atomic E-state index is 0.0293. The number of fused-ring (bicyclic) bond motifs is 1. The van der Waals surface area contributed by atoms with Crippen molar-refractivity contribution < 1.29 is 9.59 Å². The van der Waals surface area contributed by atoms with Gasteiger partial charge in [0.15, 0.2) is 4.34 Å². The summed E-state index contributed by atoms with van der Waals surface area (Å²) in [7, 11) is 0. The molecule has 0 saturated heterocycles. The van der Waals surface area contributed by atoms with Crippen LogP contribution >= 0.6 is 23.1 Å². The molecule has 0 bridgehead atoms. The lowest BCUT2D eigenvalue weighted by molar-refractivity contribution is -0.117. The molecule has 0 unspecified atom stereocenters. The third-order valence-electron chi connectivity index (χ3n) is 4.21. The molecule has 1 saturated carbocycles. The number of carbonyl (C=O) groups is 2. The van der Waals surface area contributed by atoms with Crippen LogP contribution in [0.2, 0.25) is 0 Å². The zero-order chi connectivity index (χ0) is 18.6. The maximum atomic E-state index is 12.1. The summed E-state index contributed by atoms with van der Waals surface area (Å²) in [6.07, 6.45) is 2.38. The number of thiazole rings is 1. The van der Waals surface area contributed by atoms with Crippen LogP contribution in [0.5, 0.6) is 0 Å². The molecule has 2 aromatic carbocycles. The fourth-order valence-electron chi connectivity index (χ4n) is 2.59. The van der Waals surface area contributed by atoms with E-state index in [9.17, 15) is 9.59 Å². The lowest BCUT2D eigenvalue weighted by Crippen LogP contribution is -2.14. The van der Waals surface area contributed by atoms with Crippen LogP contribution in [0, 0.1) is 5.92 Å². The van der Waals surface area contributed by atoms with E-state index in [2.05, 4.69) is 21.7 Å². The lowest BCUT2D eigenvalue weighted by Gasteiger charge is -2.07. The van der Waals surface area contributed by atoms with Crippen molar-refractivity contribution in [2.75, 3.05) is 16.4 Å². The van der Waals surface area contributed by atoms with Crippen molar-refractivity contribution in [3.63, 3.8) is 0 Å². The number of nitrogens with one attached hydrogen (secondary N) is 2. The third kappa shape index (κ3) is 4.87. The quantitative estimate of drug-likeness (QED) is 0.564. The highest BCUT2D eigenvalue weighted by molar-refractivity contribution is 8.01. The van der Waals surface area contributed by atoms with Gasteiger partial charge in [-0.25, -0.2) is 4.98 Å². The highest BCUT2D eigenvalue weighted by Crippen LogP contribution is 2.31. The third-order valence-corrected chi connectivity index (χ3v) is 6.39. The Labute approximate surface area is 165 Å². The predicted molar refractivity (Wildman–Crippen MR) is 111 cm³/mol. The average molecular weight is 398 g/mol. The van der Waals surface area contributed by atoms with Crippen molar-refractivity contribution in [2.24, 2.45) is 5.92 Å². The summed E-state index contributed by atoms with van der Waals surface area (Å²) in [5.74, 6) is 0.913. The molecule has 1 heterocycles. The number of aromatic nitrogens is 1. The van der Waals surface area contributed by atoms with Crippen molar-refractivity contribution in [2.45, 2.75) is 23.6 Å². The molecule has 2 N–H and O–H groups in total. The zero-order valence-corrected chi connectivity index (χ0v) is 16.2. The molecule has 1 aromatic heterocycles. The second-order valence-corrected chi connectivity index (χ2v) is 8.81. The molecular weight excluding hydrogens is 378 g/mol. The topological polar surface area (TPSA) is 71.1 Å².